The van der Waals surface area contributed by atoms with Crippen LogP contribution in [0.25, 0.3) is 129 Å². The summed E-state index contributed by atoms with van der Waals surface area (Å²) in [6.07, 6.45) is 0. The highest BCUT2D eigenvalue weighted by Gasteiger charge is 2.31. The Kier molecular flexibility index (Phi) is 12.3. The van der Waals surface area contributed by atoms with Crippen molar-refractivity contribution in [1.29, 1.82) is 0 Å². The number of thiazole rings is 3. The van der Waals surface area contributed by atoms with E-state index in [0.717, 1.165) is 132 Å². The summed E-state index contributed by atoms with van der Waals surface area (Å²) in [5, 5.41) is 2.99. The number of nitrogens with zero attached hydrogens (tertiary/aromatic N) is 4. The Morgan fingerprint density at radius 3 is 0.928 bits per heavy atom. The number of hydrogen-bond acceptors (Lipinski definition) is 8. The molecule has 1 aliphatic heterocycles. The van der Waals surface area contributed by atoms with Crippen LogP contribution in [0.4, 0.5) is 17.1 Å². The largest absolute Gasteiger partial charge is 0.308 e. The fraction of sp³-hybridized carbons (Fsp3) is 0. The highest BCUT2D eigenvalue weighted by molar-refractivity contribution is 7.99. The van der Waals surface area contributed by atoms with E-state index in [1.54, 1.807) is 34.0 Å². The number of benzene rings is 12. The number of anilines is 3. The van der Waals surface area contributed by atoms with E-state index < -0.39 is 0 Å². The standard InChI is InChI=1S/C75H46N4S4/c1-3-18-47(19-4-1)67-68(48-20-5-2-6-21-48)72(55-22-17-23-56(46-55)79-60-27-10-15-32-65(60)80-66-33-16-11-28-61(66)79)71(51-38-44-54(45-39-51)75-78-59-26-9-14-31-64(59)83-75)70(50-36-42-53(43-37-50)74-77-58-25-8-13-30-63(58)82-74)69(67)49-34-40-52(41-35-49)73-76-57-24-7-12-29-62(57)81-73/h1-46H. The Morgan fingerprint density at radius 1 is 0.241 bits per heavy atom. The van der Waals surface area contributed by atoms with Gasteiger partial charge < -0.3 is 4.90 Å². The molecule has 0 saturated heterocycles. The summed E-state index contributed by atoms with van der Waals surface area (Å²) >= 11 is 7.03. The zero-order valence-electron chi connectivity index (χ0n) is 44.5. The molecule has 0 saturated carbocycles. The predicted molar refractivity (Wildman–Crippen MR) is 354 cm³/mol. The second kappa shape index (κ2) is 20.8. The predicted octanol–water partition coefficient (Wildman–Crippen LogP) is 22.5. The Hall–Kier alpha value is -9.54. The van der Waals surface area contributed by atoms with Crippen molar-refractivity contribution in [2.24, 2.45) is 0 Å². The highest BCUT2D eigenvalue weighted by Crippen LogP contribution is 2.58. The van der Waals surface area contributed by atoms with Gasteiger partial charge in [0.15, 0.2) is 0 Å². The van der Waals surface area contributed by atoms with Crippen molar-refractivity contribution in [1.82, 2.24) is 15.0 Å². The first kappa shape index (κ1) is 49.3. The first-order valence-corrected chi connectivity index (χ1v) is 30.9. The van der Waals surface area contributed by atoms with Crippen molar-refractivity contribution >= 4 is 93.5 Å². The first-order chi connectivity index (χ1) is 41.1. The third kappa shape index (κ3) is 8.86. The van der Waals surface area contributed by atoms with E-state index in [4.69, 9.17) is 15.0 Å². The lowest BCUT2D eigenvalue weighted by molar-refractivity contribution is 1.17. The molecule has 0 amide bonds. The maximum absolute atomic E-state index is 5.15. The normalized spacial score (nSPS) is 12.0. The molecular weight excluding hydrogens is 1090 g/mol. The SMILES string of the molecule is c1ccc(-c2c(-c3ccc(-c4nc5ccccc5s4)cc3)c(-c3ccc(-c4nc5ccccc5s4)cc3)c(-c3ccc(-c4nc5ccccc5s4)cc3)c(-c3cccc(N4c5ccccc5Sc5ccccc54)c3)c2-c2ccccc2)cc1. The summed E-state index contributed by atoms with van der Waals surface area (Å²) in [7, 11) is 0. The van der Waals surface area contributed by atoms with Gasteiger partial charge in [0.05, 0.1) is 42.0 Å². The Bertz CT molecular complexity index is 4780. The lowest BCUT2D eigenvalue weighted by Crippen LogP contribution is -2.14. The zero-order chi connectivity index (χ0) is 54.8. The molecule has 0 atom stereocenters. The van der Waals surface area contributed by atoms with Gasteiger partial charge >= 0.3 is 0 Å². The maximum atomic E-state index is 5.15. The summed E-state index contributed by atoms with van der Waals surface area (Å²) < 4.78 is 3.52. The van der Waals surface area contributed by atoms with Crippen molar-refractivity contribution in [3.63, 3.8) is 0 Å². The van der Waals surface area contributed by atoms with Crippen LogP contribution < -0.4 is 4.90 Å². The molecule has 8 heteroatoms. The summed E-state index contributed by atoms with van der Waals surface area (Å²) in [4.78, 5) is 20.3. The Balaban J connectivity index is 1.02. The van der Waals surface area contributed by atoms with E-state index in [9.17, 15) is 0 Å². The fourth-order valence-corrected chi connectivity index (χ4v) is 15.8. The van der Waals surface area contributed by atoms with Crippen LogP contribution in [-0.4, -0.2) is 15.0 Å². The molecule has 390 valence electrons. The average Bonchev–Trinajstić information content (AvgIpc) is 2.15. The minimum Gasteiger partial charge on any atom is -0.308 e. The van der Waals surface area contributed by atoms with Crippen LogP contribution in [-0.2, 0) is 0 Å². The van der Waals surface area contributed by atoms with Gasteiger partial charge in [0, 0.05) is 32.2 Å². The average molecular weight is 1130 g/mol. The van der Waals surface area contributed by atoms with E-state index in [-0.39, 0.29) is 0 Å². The van der Waals surface area contributed by atoms with Crippen molar-refractivity contribution in [3.8, 4) is 98.5 Å². The second-order valence-corrected chi connectivity index (χ2v) is 24.8. The Labute approximate surface area is 497 Å². The fourth-order valence-electron chi connectivity index (χ4n) is 11.8. The van der Waals surface area contributed by atoms with Gasteiger partial charge in [-0.05, 0) is 140 Å². The van der Waals surface area contributed by atoms with E-state index in [2.05, 4.69) is 284 Å². The van der Waals surface area contributed by atoms with E-state index >= 15 is 0 Å². The molecule has 4 heterocycles. The summed E-state index contributed by atoms with van der Waals surface area (Å²) in [6, 6.07) is 102. The summed E-state index contributed by atoms with van der Waals surface area (Å²) in [5.74, 6) is 0. The van der Waals surface area contributed by atoms with Gasteiger partial charge in [-0.3, -0.25) is 0 Å². The van der Waals surface area contributed by atoms with Gasteiger partial charge in [0.25, 0.3) is 0 Å². The van der Waals surface area contributed by atoms with Gasteiger partial charge in [-0.25, -0.2) is 15.0 Å². The second-order valence-electron chi connectivity index (χ2n) is 20.6. The van der Waals surface area contributed by atoms with E-state index in [0.29, 0.717) is 0 Å². The van der Waals surface area contributed by atoms with Crippen LogP contribution in [0.2, 0.25) is 0 Å². The molecule has 0 spiro atoms. The summed E-state index contributed by atoms with van der Waals surface area (Å²) in [6.45, 7) is 0. The first-order valence-electron chi connectivity index (χ1n) is 27.6. The maximum Gasteiger partial charge on any atom is 0.124 e. The number of fused-ring (bicyclic) bond motifs is 5. The molecule has 0 unspecified atom stereocenters. The molecule has 0 fully saturated rings. The lowest BCUT2D eigenvalue weighted by Gasteiger charge is -2.33. The molecular formula is C75H46N4S4. The van der Waals surface area contributed by atoms with Crippen LogP contribution in [0.1, 0.15) is 0 Å². The molecule has 16 rings (SSSR count). The third-order valence-corrected chi connectivity index (χ3v) is 20.0. The van der Waals surface area contributed by atoms with Crippen LogP contribution in [0.15, 0.2) is 289 Å². The van der Waals surface area contributed by atoms with Crippen LogP contribution in [0.3, 0.4) is 0 Å². The summed E-state index contributed by atoms with van der Waals surface area (Å²) in [5.41, 5.74) is 23.1. The number of rotatable bonds is 10. The molecule has 12 aromatic carbocycles. The van der Waals surface area contributed by atoms with Crippen LogP contribution in [0.5, 0.6) is 0 Å². The Morgan fingerprint density at radius 2 is 0.542 bits per heavy atom. The van der Waals surface area contributed by atoms with Crippen molar-refractivity contribution in [2.75, 3.05) is 4.90 Å². The molecule has 0 N–H and O–H groups in total. The minimum atomic E-state index is 0.995. The third-order valence-electron chi connectivity index (χ3n) is 15.6. The molecule has 1 aliphatic rings. The minimum absolute atomic E-state index is 0.995. The van der Waals surface area contributed by atoms with Gasteiger partial charge in [-0.2, -0.15) is 0 Å². The molecule has 0 bridgehead atoms. The van der Waals surface area contributed by atoms with Gasteiger partial charge in [0.1, 0.15) is 15.0 Å². The zero-order valence-corrected chi connectivity index (χ0v) is 47.7. The van der Waals surface area contributed by atoms with Gasteiger partial charge in [-0.1, -0.05) is 218 Å². The molecule has 0 radical (unpaired) electrons. The van der Waals surface area contributed by atoms with Gasteiger partial charge in [0.2, 0.25) is 0 Å². The number of hydrogen-bond donors (Lipinski definition) is 0. The van der Waals surface area contributed by atoms with Crippen LogP contribution in [0, 0.1) is 0 Å². The number of aromatic nitrogens is 3. The number of para-hydroxylation sites is 5. The van der Waals surface area contributed by atoms with Gasteiger partial charge in [-0.15, -0.1) is 34.0 Å². The van der Waals surface area contributed by atoms with E-state index in [1.807, 2.05) is 11.8 Å². The molecule has 15 aromatic rings. The highest BCUT2D eigenvalue weighted by atomic mass is 32.2. The molecule has 83 heavy (non-hydrogen) atoms. The quantitative estimate of drug-likeness (QED) is 0.137. The molecule has 4 nitrogen and oxygen atoms in total. The lowest BCUT2D eigenvalue weighted by atomic mass is 9.74. The smallest absolute Gasteiger partial charge is 0.124 e. The monoisotopic (exact) mass is 1130 g/mol. The molecule has 0 aliphatic carbocycles. The van der Waals surface area contributed by atoms with Crippen LogP contribution >= 0.6 is 45.8 Å². The van der Waals surface area contributed by atoms with Crippen molar-refractivity contribution in [2.45, 2.75) is 9.79 Å². The van der Waals surface area contributed by atoms with Crippen molar-refractivity contribution < 1.29 is 0 Å². The topological polar surface area (TPSA) is 41.9 Å². The van der Waals surface area contributed by atoms with Crippen molar-refractivity contribution in [3.05, 3.63) is 279 Å². The molecule has 3 aromatic heterocycles. The van der Waals surface area contributed by atoms with E-state index in [1.165, 1.54) is 23.9 Å².